The summed E-state index contributed by atoms with van der Waals surface area (Å²) in [6.07, 6.45) is 3.87. The molecule has 0 bridgehead atoms. The molecule has 94 valence electrons. The first-order valence-electron chi connectivity index (χ1n) is 5.85. The number of aliphatic carboxylic acids is 1. The van der Waals surface area contributed by atoms with Crippen LogP contribution in [0.4, 0.5) is 0 Å². The van der Waals surface area contributed by atoms with Gasteiger partial charge in [0.05, 0.1) is 12.1 Å². The van der Waals surface area contributed by atoms with Gasteiger partial charge in [0.15, 0.2) is 5.89 Å². The van der Waals surface area contributed by atoms with Crippen LogP contribution in [0.3, 0.4) is 0 Å². The lowest BCUT2D eigenvalue weighted by Gasteiger charge is -2.30. The van der Waals surface area contributed by atoms with Crippen molar-refractivity contribution in [2.75, 3.05) is 13.2 Å². The second-order valence-electron chi connectivity index (χ2n) is 4.71. The second-order valence-corrected chi connectivity index (χ2v) is 4.71. The summed E-state index contributed by atoms with van der Waals surface area (Å²) in [5.41, 5.74) is 0.648. The first-order chi connectivity index (χ1) is 8.10. The van der Waals surface area contributed by atoms with E-state index in [1.807, 2.05) is 0 Å². The average Bonchev–Trinajstić information content (AvgIpc) is 2.76. The first-order valence-corrected chi connectivity index (χ1v) is 5.85. The van der Waals surface area contributed by atoms with Crippen molar-refractivity contribution in [1.82, 2.24) is 4.98 Å². The normalized spacial score (nSPS) is 19.1. The molecule has 0 amide bonds. The topological polar surface area (TPSA) is 72.6 Å². The Kier molecular flexibility index (Phi) is 3.47. The monoisotopic (exact) mass is 239 g/mol. The molecular weight excluding hydrogens is 222 g/mol. The fourth-order valence-electron chi connectivity index (χ4n) is 1.97. The van der Waals surface area contributed by atoms with Crippen molar-refractivity contribution in [3.63, 3.8) is 0 Å². The lowest BCUT2D eigenvalue weighted by Crippen LogP contribution is -2.31. The van der Waals surface area contributed by atoms with E-state index in [1.54, 1.807) is 6.26 Å². The maximum Gasteiger partial charge on any atom is 0.303 e. The highest BCUT2D eigenvalue weighted by atomic mass is 16.5. The summed E-state index contributed by atoms with van der Waals surface area (Å²) in [5, 5.41) is 8.61. The number of hydrogen-bond acceptors (Lipinski definition) is 4. The van der Waals surface area contributed by atoms with E-state index in [1.165, 1.54) is 0 Å². The van der Waals surface area contributed by atoms with Gasteiger partial charge in [-0.15, -0.1) is 0 Å². The second kappa shape index (κ2) is 4.87. The van der Waals surface area contributed by atoms with E-state index in [0.29, 0.717) is 12.3 Å². The maximum atomic E-state index is 10.5. The molecule has 1 aromatic heterocycles. The molecule has 0 unspecified atom stereocenters. The molecule has 5 heteroatoms. The fraction of sp³-hybridized carbons (Fsp3) is 0.667. The number of nitrogens with zero attached hydrogens (tertiary/aromatic N) is 1. The first kappa shape index (κ1) is 12.1. The van der Waals surface area contributed by atoms with Crippen LogP contribution < -0.4 is 0 Å². The van der Waals surface area contributed by atoms with Crippen LogP contribution in [-0.4, -0.2) is 29.3 Å². The lowest BCUT2D eigenvalue weighted by atomic mass is 9.82. The highest BCUT2D eigenvalue weighted by Crippen LogP contribution is 2.33. The fourth-order valence-corrected chi connectivity index (χ4v) is 1.97. The van der Waals surface area contributed by atoms with Crippen molar-refractivity contribution in [2.45, 2.75) is 38.0 Å². The molecule has 1 saturated heterocycles. The number of aromatic nitrogens is 1. The minimum Gasteiger partial charge on any atom is -0.481 e. The van der Waals surface area contributed by atoms with Gasteiger partial charge >= 0.3 is 5.97 Å². The summed E-state index contributed by atoms with van der Waals surface area (Å²) in [6.45, 7) is 3.56. The van der Waals surface area contributed by atoms with Gasteiger partial charge in [-0.1, -0.05) is 6.92 Å². The molecule has 0 atom stereocenters. The van der Waals surface area contributed by atoms with E-state index in [4.69, 9.17) is 14.3 Å². The van der Waals surface area contributed by atoms with Gasteiger partial charge in [-0.25, -0.2) is 4.98 Å². The molecule has 0 saturated carbocycles. The highest BCUT2D eigenvalue weighted by molar-refractivity contribution is 5.66. The summed E-state index contributed by atoms with van der Waals surface area (Å²) in [4.78, 5) is 14.9. The smallest absolute Gasteiger partial charge is 0.303 e. The zero-order chi connectivity index (χ0) is 12.3. The summed E-state index contributed by atoms with van der Waals surface area (Å²) < 4.78 is 10.8. The van der Waals surface area contributed by atoms with Crippen LogP contribution in [0.2, 0.25) is 0 Å². The molecular formula is C12H17NO4. The Morgan fingerprint density at radius 1 is 1.53 bits per heavy atom. The SMILES string of the molecule is CC1(c2nc(CCC(=O)O)co2)CCOCC1. The molecule has 2 rings (SSSR count). The standard InChI is InChI=1S/C12H17NO4/c1-12(4-6-16-7-5-12)11-13-9(8-17-11)2-3-10(14)15/h8H,2-7H2,1H3,(H,14,15). The number of hydrogen-bond donors (Lipinski definition) is 1. The minimum atomic E-state index is -0.813. The number of carbonyl (C=O) groups is 1. The van der Waals surface area contributed by atoms with Crippen LogP contribution in [-0.2, 0) is 21.4 Å². The van der Waals surface area contributed by atoms with Gasteiger partial charge in [-0.2, -0.15) is 0 Å². The summed E-state index contributed by atoms with van der Waals surface area (Å²) in [7, 11) is 0. The highest BCUT2D eigenvalue weighted by Gasteiger charge is 2.34. The van der Waals surface area contributed by atoms with Crippen molar-refractivity contribution >= 4 is 5.97 Å². The molecule has 1 N–H and O–H groups in total. The molecule has 0 spiro atoms. The van der Waals surface area contributed by atoms with Gasteiger partial charge in [0, 0.05) is 25.0 Å². The Labute approximate surface area is 99.8 Å². The predicted octanol–water partition coefficient (Wildman–Crippen LogP) is 1.76. The number of oxazole rings is 1. The zero-order valence-corrected chi connectivity index (χ0v) is 9.94. The van der Waals surface area contributed by atoms with Crippen molar-refractivity contribution in [2.24, 2.45) is 0 Å². The number of ether oxygens (including phenoxy) is 1. The Morgan fingerprint density at radius 3 is 2.88 bits per heavy atom. The van der Waals surface area contributed by atoms with Gasteiger partial charge < -0.3 is 14.3 Å². The van der Waals surface area contributed by atoms with Crippen LogP contribution >= 0.6 is 0 Å². The lowest BCUT2D eigenvalue weighted by molar-refractivity contribution is -0.136. The van der Waals surface area contributed by atoms with Crippen molar-refractivity contribution in [3.8, 4) is 0 Å². The molecule has 17 heavy (non-hydrogen) atoms. The molecule has 1 aromatic rings. The average molecular weight is 239 g/mol. The third kappa shape index (κ3) is 2.85. The molecule has 1 aliphatic heterocycles. The molecule has 1 aliphatic rings. The van der Waals surface area contributed by atoms with E-state index in [-0.39, 0.29) is 11.8 Å². The van der Waals surface area contributed by atoms with E-state index >= 15 is 0 Å². The molecule has 1 fully saturated rings. The summed E-state index contributed by atoms with van der Waals surface area (Å²) >= 11 is 0. The Morgan fingerprint density at radius 2 is 2.24 bits per heavy atom. The van der Waals surface area contributed by atoms with E-state index < -0.39 is 5.97 Å². The van der Waals surface area contributed by atoms with E-state index in [0.717, 1.165) is 31.7 Å². The Hall–Kier alpha value is -1.36. The quantitative estimate of drug-likeness (QED) is 0.866. The maximum absolute atomic E-state index is 10.5. The Bertz CT molecular complexity index is 393. The van der Waals surface area contributed by atoms with Crippen molar-refractivity contribution < 1.29 is 19.1 Å². The third-order valence-electron chi connectivity index (χ3n) is 3.26. The van der Waals surface area contributed by atoms with Gasteiger partial charge in [-0.3, -0.25) is 4.79 Å². The Balaban J connectivity index is 2.03. The van der Waals surface area contributed by atoms with Crippen LogP contribution in [0.15, 0.2) is 10.7 Å². The van der Waals surface area contributed by atoms with Crippen molar-refractivity contribution in [3.05, 3.63) is 17.8 Å². The molecule has 0 aliphatic carbocycles. The van der Waals surface area contributed by atoms with Crippen LogP contribution in [0.25, 0.3) is 0 Å². The third-order valence-corrected chi connectivity index (χ3v) is 3.26. The largest absolute Gasteiger partial charge is 0.481 e. The molecule has 2 heterocycles. The van der Waals surface area contributed by atoms with E-state index in [2.05, 4.69) is 11.9 Å². The zero-order valence-electron chi connectivity index (χ0n) is 9.94. The van der Waals surface area contributed by atoms with Gasteiger partial charge in [0.1, 0.15) is 6.26 Å². The van der Waals surface area contributed by atoms with Crippen LogP contribution in [0, 0.1) is 0 Å². The van der Waals surface area contributed by atoms with Gasteiger partial charge in [0.25, 0.3) is 0 Å². The van der Waals surface area contributed by atoms with Crippen LogP contribution in [0.5, 0.6) is 0 Å². The van der Waals surface area contributed by atoms with Gasteiger partial charge in [0.2, 0.25) is 0 Å². The molecule has 5 nitrogen and oxygen atoms in total. The van der Waals surface area contributed by atoms with Crippen LogP contribution in [0.1, 0.15) is 37.8 Å². The molecule has 0 aromatic carbocycles. The number of carboxylic acid groups (broad SMARTS) is 1. The van der Waals surface area contributed by atoms with E-state index in [9.17, 15) is 4.79 Å². The van der Waals surface area contributed by atoms with Gasteiger partial charge in [-0.05, 0) is 12.8 Å². The van der Waals surface area contributed by atoms with Crippen molar-refractivity contribution in [1.29, 1.82) is 0 Å². The predicted molar refractivity (Wildman–Crippen MR) is 59.9 cm³/mol. The summed E-state index contributed by atoms with van der Waals surface area (Å²) in [6, 6.07) is 0. The summed E-state index contributed by atoms with van der Waals surface area (Å²) in [5.74, 6) is -0.104. The minimum absolute atomic E-state index is 0.0697. The number of carboxylic acids is 1. The number of aryl methyl sites for hydroxylation is 1. The molecule has 0 radical (unpaired) electrons. The number of rotatable bonds is 4.